The molecule has 0 aliphatic rings. The first-order valence-corrected chi connectivity index (χ1v) is 8.53. The maximum Gasteiger partial charge on any atom is 0.291 e. The Kier molecular flexibility index (Phi) is 6.25. The minimum Gasteiger partial charge on any atom is -0.391 e. The summed E-state index contributed by atoms with van der Waals surface area (Å²) in [6.07, 6.45) is 0.182. The van der Waals surface area contributed by atoms with Crippen molar-refractivity contribution in [2.75, 3.05) is 6.54 Å². The Morgan fingerprint density at radius 2 is 2.00 bits per heavy atom. The van der Waals surface area contributed by atoms with Crippen LogP contribution in [0.5, 0.6) is 0 Å². The van der Waals surface area contributed by atoms with E-state index in [0.717, 1.165) is 6.42 Å². The standard InChI is InChI=1S/C18H25FN4O2/c1-5-12(4)15(24)10-20-18(25)16-21-17(11(2)3)23(22-16)14-9-7-6-8-13(14)19/h6-9,11-12,15,24H,5,10H2,1-4H3,(H,20,25). The van der Waals surface area contributed by atoms with Crippen molar-refractivity contribution in [3.05, 3.63) is 41.7 Å². The van der Waals surface area contributed by atoms with Gasteiger partial charge in [-0.2, -0.15) is 0 Å². The third kappa shape index (κ3) is 4.42. The summed E-state index contributed by atoms with van der Waals surface area (Å²) in [7, 11) is 0. The Bertz CT molecular complexity index is 730. The van der Waals surface area contributed by atoms with Gasteiger partial charge < -0.3 is 10.4 Å². The van der Waals surface area contributed by atoms with E-state index in [4.69, 9.17) is 0 Å². The molecule has 0 aliphatic carbocycles. The molecule has 1 heterocycles. The summed E-state index contributed by atoms with van der Waals surface area (Å²) < 4.78 is 15.4. The normalized spacial score (nSPS) is 13.7. The van der Waals surface area contributed by atoms with Gasteiger partial charge in [0.05, 0.1) is 6.10 Å². The predicted octanol–water partition coefficient (Wildman–Crippen LogP) is 2.67. The third-order valence-corrected chi connectivity index (χ3v) is 4.20. The molecule has 6 nitrogen and oxygen atoms in total. The van der Waals surface area contributed by atoms with Crippen molar-refractivity contribution >= 4 is 5.91 Å². The van der Waals surface area contributed by atoms with Gasteiger partial charge in [0.1, 0.15) is 17.3 Å². The second-order valence-corrected chi connectivity index (χ2v) is 6.47. The quantitative estimate of drug-likeness (QED) is 0.806. The van der Waals surface area contributed by atoms with Crippen LogP contribution >= 0.6 is 0 Å². The monoisotopic (exact) mass is 348 g/mol. The molecular weight excluding hydrogens is 323 g/mol. The first-order chi connectivity index (χ1) is 11.8. The van der Waals surface area contributed by atoms with Gasteiger partial charge in [0.25, 0.3) is 5.91 Å². The summed E-state index contributed by atoms with van der Waals surface area (Å²) in [4.78, 5) is 16.6. The summed E-state index contributed by atoms with van der Waals surface area (Å²) in [6, 6.07) is 6.22. The molecular formula is C18H25FN4O2. The summed E-state index contributed by atoms with van der Waals surface area (Å²) in [5.74, 6) is -0.427. The number of carbonyl (C=O) groups excluding carboxylic acids is 1. The van der Waals surface area contributed by atoms with E-state index in [1.807, 2.05) is 27.7 Å². The van der Waals surface area contributed by atoms with Crippen molar-refractivity contribution in [3.63, 3.8) is 0 Å². The van der Waals surface area contributed by atoms with E-state index in [1.165, 1.54) is 10.7 Å². The number of nitrogens with one attached hydrogen (secondary N) is 1. The number of rotatable bonds is 7. The number of para-hydroxylation sites is 1. The lowest BCUT2D eigenvalue weighted by Crippen LogP contribution is -2.35. The predicted molar refractivity (Wildman–Crippen MR) is 93.2 cm³/mol. The third-order valence-electron chi connectivity index (χ3n) is 4.20. The fourth-order valence-corrected chi connectivity index (χ4v) is 2.34. The van der Waals surface area contributed by atoms with Gasteiger partial charge in [0, 0.05) is 12.5 Å². The van der Waals surface area contributed by atoms with Crippen LogP contribution in [0, 0.1) is 11.7 Å². The topological polar surface area (TPSA) is 80.0 Å². The lowest BCUT2D eigenvalue weighted by Gasteiger charge is -2.16. The van der Waals surface area contributed by atoms with Crippen molar-refractivity contribution in [3.8, 4) is 5.69 Å². The molecule has 0 bridgehead atoms. The zero-order valence-corrected chi connectivity index (χ0v) is 15.0. The molecule has 0 fully saturated rings. The van der Waals surface area contributed by atoms with Gasteiger partial charge >= 0.3 is 0 Å². The molecule has 7 heteroatoms. The Morgan fingerprint density at radius 1 is 1.32 bits per heavy atom. The number of aliphatic hydroxyl groups is 1. The molecule has 1 aromatic carbocycles. The molecule has 0 saturated heterocycles. The maximum atomic E-state index is 14.1. The van der Waals surface area contributed by atoms with Crippen LogP contribution < -0.4 is 5.32 Å². The number of nitrogens with zero attached hydrogens (tertiary/aromatic N) is 3. The van der Waals surface area contributed by atoms with E-state index < -0.39 is 17.8 Å². The average Bonchev–Trinajstić information content (AvgIpc) is 3.04. The molecule has 1 amide bonds. The fourth-order valence-electron chi connectivity index (χ4n) is 2.34. The number of aliphatic hydroxyl groups excluding tert-OH is 1. The second-order valence-electron chi connectivity index (χ2n) is 6.47. The van der Waals surface area contributed by atoms with E-state index in [2.05, 4.69) is 15.4 Å². The fraction of sp³-hybridized carbons (Fsp3) is 0.500. The highest BCUT2D eigenvalue weighted by Crippen LogP contribution is 2.19. The SMILES string of the molecule is CCC(C)C(O)CNC(=O)c1nc(C(C)C)n(-c2ccccc2F)n1. The number of hydrogen-bond donors (Lipinski definition) is 2. The van der Waals surface area contributed by atoms with Crippen LogP contribution in [0.2, 0.25) is 0 Å². The molecule has 0 radical (unpaired) electrons. The van der Waals surface area contributed by atoms with Crippen LogP contribution in [0.3, 0.4) is 0 Å². The van der Waals surface area contributed by atoms with Gasteiger partial charge in [-0.05, 0) is 18.1 Å². The Morgan fingerprint density at radius 3 is 2.60 bits per heavy atom. The minimum atomic E-state index is -0.632. The molecule has 2 atom stereocenters. The highest BCUT2D eigenvalue weighted by molar-refractivity contribution is 5.90. The van der Waals surface area contributed by atoms with Crippen molar-refractivity contribution in [1.29, 1.82) is 0 Å². The molecule has 0 aliphatic heterocycles. The number of halogens is 1. The Balaban J connectivity index is 2.24. The molecule has 2 aromatic rings. The van der Waals surface area contributed by atoms with Gasteiger partial charge in [0.15, 0.2) is 0 Å². The van der Waals surface area contributed by atoms with Crippen LogP contribution in [0.1, 0.15) is 56.5 Å². The first kappa shape index (κ1) is 19.1. The smallest absolute Gasteiger partial charge is 0.291 e. The van der Waals surface area contributed by atoms with Crippen molar-refractivity contribution in [2.24, 2.45) is 5.92 Å². The lowest BCUT2D eigenvalue weighted by atomic mass is 10.0. The highest BCUT2D eigenvalue weighted by atomic mass is 19.1. The summed E-state index contributed by atoms with van der Waals surface area (Å²) in [6.45, 7) is 7.81. The summed E-state index contributed by atoms with van der Waals surface area (Å²) in [5.41, 5.74) is 0.248. The van der Waals surface area contributed by atoms with Crippen molar-refractivity contribution in [1.82, 2.24) is 20.1 Å². The van der Waals surface area contributed by atoms with Gasteiger partial charge in [0.2, 0.25) is 5.82 Å². The van der Waals surface area contributed by atoms with Crippen molar-refractivity contribution in [2.45, 2.75) is 46.1 Å². The molecule has 2 rings (SSSR count). The zero-order valence-electron chi connectivity index (χ0n) is 15.0. The number of benzene rings is 1. The molecule has 0 spiro atoms. The van der Waals surface area contributed by atoms with Crippen LogP contribution in [0.4, 0.5) is 4.39 Å². The number of carbonyl (C=O) groups is 1. The zero-order chi connectivity index (χ0) is 18.6. The van der Waals surface area contributed by atoms with Gasteiger partial charge in [-0.3, -0.25) is 4.79 Å². The number of amides is 1. The average molecular weight is 348 g/mol. The van der Waals surface area contributed by atoms with Crippen molar-refractivity contribution < 1.29 is 14.3 Å². The Hall–Kier alpha value is -2.28. The molecule has 2 unspecified atom stereocenters. The van der Waals surface area contributed by atoms with E-state index in [9.17, 15) is 14.3 Å². The van der Waals surface area contributed by atoms with Gasteiger partial charge in [-0.25, -0.2) is 14.1 Å². The highest BCUT2D eigenvalue weighted by Gasteiger charge is 2.22. The molecule has 136 valence electrons. The molecule has 2 N–H and O–H groups in total. The first-order valence-electron chi connectivity index (χ1n) is 8.53. The van der Waals surface area contributed by atoms with E-state index >= 15 is 0 Å². The van der Waals surface area contributed by atoms with Crippen LogP contribution in [-0.4, -0.2) is 38.4 Å². The maximum absolute atomic E-state index is 14.1. The molecule has 1 aromatic heterocycles. The lowest BCUT2D eigenvalue weighted by molar-refractivity contribution is 0.0841. The van der Waals surface area contributed by atoms with E-state index in [1.54, 1.807) is 18.2 Å². The second kappa shape index (κ2) is 8.20. The van der Waals surface area contributed by atoms with E-state index in [0.29, 0.717) is 5.82 Å². The minimum absolute atomic E-state index is 0.0386. The van der Waals surface area contributed by atoms with Gasteiger partial charge in [-0.1, -0.05) is 46.2 Å². The number of hydrogen-bond acceptors (Lipinski definition) is 4. The van der Waals surface area contributed by atoms with Crippen LogP contribution in [0.25, 0.3) is 5.69 Å². The van der Waals surface area contributed by atoms with Crippen LogP contribution in [-0.2, 0) is 0 Å². The molecule has 0 saturated carbocycles. The molecule has 25 heavy (non-hydrogen) atoms. The largest absolute Gasteiger partial charge is 0.391 e. The Labute approximate surface area is 147 Å². The van der Waals surface area contributed by atoms with E-state index in [-0.39, 0.29) is 29.9 Å². The van der Waals surface area contributed by atoms with Gasteiger partial charge in [-0.15, -0.1) is 5.10 Å². The summed E-state index contributed by atoms with van der Waals surface area (Å²) in [5, 5.41) is 16.8. The summed E-state index contributed by atoms with van der Waals surface area (Å²) >= 11 is 0. The van der Waals surface area contributed by atoms with Crippen LogP contribution in [0.15, 0.2) is 24.3 Å². The number of aromatic nitrogens is 3.